The quantitative estimate of drug-likeness (QED) is 0.730. The number of rotatable bonds is 4. The van der Waals surface area contributed by atoms with Gasteiger partial charge in [-0.1, -0.05) is 6.07 Å². The number of hydrogen-bond acceptors (Lipinski definition) is 6. The summed E-state index contributed by atoms with van der Waals surface area (Å²) in [6.07, 6.45) is 8.37. The van der Waals surface area contributed by atoms with Crippen molar-refractivity contribution >= 4 is 17.2 Å². The van der Waals surface area contributed by atoms with Gasteiger partial charge in [-0.2, -0.15) is 0 Å². The Balaban J connectivity index is 1.26. The highest BCUT2D eigenvalue weighted by Gasteiger charge is 2.74. The second-order valence-electron chi connectivity index (χ2n) is 11.6. The number of nitrogens with zero attached hydrogens (tertiary/aromatic N) is 3. The molecule has 6 nitrogen and oxygen atoms in total. The molecule has 2 spiro atoms. The van der Waals surface area contributed by atoms with E-state index in [4.69, 9.17) is 4.74 Å². The molecular formula is C27H31N3O3S. The standard InChI is InChI=1S/C27H31N3O3S/c31-20-4-3-17-11-21-26-6-5-19(30(10-7-26)22(32)12-18-14-34-15-28-18)25-27(26,23(17)24(20)33-25)8-9-29(21)13-16-1-2-16/h3-4,14-16,19,21,25,31H,1-2,5-13H2/t19-,21-,25+,26-,27+/m1/s1. The normalized spacial score (nSPS) is 37.3. The predicted molar refractivity (Wildman–Crippen MR) is 128 cm³/mol. The van der Waals surface area contributed by atoms with E-state index in [1.165, 1.54) is 30.5 Å². The largest absolute Gasteiger partial charge is 0.504 e. The van der Waals surface area contributed by atoms with Crippen molar-refractivity contribution in [1.29, 1.82) is 0 Å². The average Bonchev–Trinajstić information content (AvgIpc) is 3.46. The fourth-order valence-corrected chi connectivity index (χ4v) is 9.44. The summed E-state index contributed by atoms with van der Waals surface area (Å²) < 4.78 is 6.79. The molecule has 5 fully saturated rings. The fraction of sp³-hybridized carbons (Fsp3) is 0.630. The molecule has 1 amide bonds. The SMILES string of the molecule is O=C(Cc1cscn1)N1CC[C@@]23CC[C@@H]1[C@@H]1Oc4c(O)ccc5c4[C@@]12CCN(CC1CC1)[C@@H]3C5. The maximum absolute atomic E-state index is 13.6. The van der Waals surface area contributed by atoms with Crippen molar-refractivity contribution in [3.05, 3.63) is 39.8 Å². The summed E-state index contributed by atoms with van der Waals surface area (Å²) >= 11 is 1.55. The molecule has 7 heteroatoms. The number of likely N-dealkylation sites (tertiary alicyclic amines) is 1. The smallest absolute Gasteiger partial charge is 0.228 e. The van der Waals surface area contributed by atoms with Crippen LogP contribution >= 0.6 is 11.3 Å². The van der Waals surface area contributed by atoms with Crippen LogP contribution in [0.2, 0.25) is 0 Å². The first-order chi connectivity index (χ1) is 16.6. The third-order valence-corrected chi connectivity index (χ3v) is 11.0. The zero-order valence-electron chi connectivity index (χ0n) is 19.4. The summed E-state index contributed by atoms with van der Waals surface area (Å²) in [5, 5.41) is 12.9. The van der Waals surface area contributed by atoms with Crippen molar-refractivity contribution < 1.29 is 14.6 Å². The number of piperidine rings is 1. The predicted octanol–water partition coefficient (Wildman–Crippen LogP) is 3.51. The van der Waals surface area contributed by atoms with E-state index in [0.717, 1.165) is 62.6 Å². The van der Waals surface area contributed by atoms with Gasteiger partial charge in [0.1, 0.15) is 6.10 Å². The summed E-state index contributed by atoms with van der Waals surface area (Å²) in [5.41, 5.74) is 5.38. The molecule has 2 aromatic rings. The Bertz CT molecular complexity index is 1180. The third-order valence-electron chi connectivity index (χ3n) is 10.3. The lowest BCUT2D eigenvalue weighted by Crippen LogP contribution is -2.72. The number of thiazole rings is 1. The van der Waals surface area contributed by atoms with Gasteiger partial charge in [0.15, 0.2) is 11.5 Å². The second-order valence-corrected chi connectivity index (χ2v) is 12.3. The van der Waals surface area contributed by atoms with Crippen LogP contribution in [0.5, 0.6) is 11.5 Å². The van der Waals surface area contributed by atoms with Crippen molar-refractivity contribution in [3.63, 3.8) is 0 Å². The Labute approximate surface area is 203 Å². The third kappa shape index (κ3) is 2.40. The van der Waals surface area contributed by atoms with Crippen LogP contribution in [0, 0.1) is 11.3 Å². The Kier molecular flexibility index (Phi) is 4.00. The van der Waals surface area contributed by atoms with Crippen molar-refractivity contribution in [2.24, 2.45) is 11.3 Å². The van der Waals surface area contributed by atoms with Gasteiger partial charge in [0.25, 0.3) is 0 Å². The first-order valence-corrected chi connectivity index (χ1v) is 14.0. The lowest BCUT2D eigenvalue weighted by Gasteiger charge is -2.66. The molecule has 5 atom stereocenters. The van der Waals surface area contributed by atoms with Crippen LogP contribution in [0.25, 0.3) is 0 Å². The van der Waals surface area contributed by atoms with Gasteiger partial charge in [-0.25, -0.2) is 4.98 Å². The van der Waals surface area contributed by atoms with Gasteiger partial charge >= 0.3 is 0 Å². The van der Waals surface area contributed by atoms with Crippen molar-refractivity contribution in [2.45, 2.75) is 75.0 Å². The zero-order chi connectivity index (χ0) is 22.7. The molecule has 4 bridgehead atoms. The molecule has 7 aliphatic rings. The number of benzene rings is 1. The Morgan fingerprint density at radius 2 is 2.12 bits per heavy atom. The molecule has 0 unspecified atom stereocenters. The summed E-state index contributed by atoms with van der Waals surface area (Å²) in [6.45, 7) is 3.15. The summed E-state index contributed by atoms with van der Waals surface area (Å²) in [6, 6.07) is 4.56. The number of phenolic OH excluding ortho intramolecular Hbond substituents is 1. The molecule has 178 valence electrons. The molecule has 3 saturated heterocycles. The minimum atomic E-state index is -0.0854. The van der Waals surface area contributed by atoms with Gasteiger partial charge in [0, 0.05) is 40.9 Å². The molecule has 0 radical (unpaired) electrons. The van der Waals surface area contributed by atoms with Crippen LogP contribution in [-0.4, -0.2) is 63.6 Å². The molecule has 1 aromatic heterocycles. The molecule has 5 heterocycles. The van der Waals surface area contributed by atoms with Crippen molar-refractivity contribution in [2.75, 3.05) is 19.6 Å². The molecular weight excluding hydrogens is 446 g/mol. The van der Waals surface area contributed by atoms with Gasteiger partial charge < -0.3 is 14.7 Å². The van der Waals surface area contributed by atoms with Crippen molar-refractivity contribution in [1.82, 2.24) is 14.8 Å². The highest BCUT2D eigenvalue weighted by molar-refractivity contribution is 7.07. The number of carbonyl (C=O) groups is 1. The second kappa shape index (κ2) is 6.76. The van der Waals surface area contributed by atoms with Gasteiger partial charge in [-0.05, 0) is 69.0 Å². The van der Waals surface area contributed by atoms with E-state index in [2.05, 4.69) is 20.9 Å². The number of aromatic hydroxyl groups is 1. The maximum atomic E-state index is 13.6. The van der Waals surface area contributed by atoms with E-state index in [1.54, 1.807) is 11.3 Å². The van der Waals surface area contributed by atoms with E-state index < -0.39 is 0 Å². The highest BCUT2D eigenvalue weighted by atomic mass is 32.1. The maximum Gasteiger partial charge on any atom is 0.228 e. The topological polar surface area (TPSA) is 65.9 Å². The molecule has 1 N–H and O–H groups in total. The molecule has 9 rings (SSSR count). The Morgan fingerprint density at radius 3 is 2.94 bits per heavy atom. The number of ether oxygens (including phenoxy) is 1. The van der Waals surface area contributed by atoms with Gasteiger partial charge in [0.05, 0.1) is 23.7 Å². The van der Waals surface area contributed by atoms with E-state index in [1.807, 2.05) is 17.0 Å². The number of aromatic nitrogens is 1. The van der Waals surface area contributed by atoms with E-state index in [9.17, 15) is 9.90 Å². The lowest BCUT2D eigenvalue weighted by atomic mass is 9.42. The molecule has 1 aromatic carbocycles. The monoisotopic (exact) mass is 477 g/mol. The zero-order valence-corrected chi connectivity index (χ0v) is 20.2. The van der Waals surface area contributed by atoms with E-state index >= 15 is 0 Å². The highest BCUT2D eigenvalue weighted by Crippen LogP contribution is 2.71. The fourth-order valence-electron chi connectivity index (χ4n) is 8.88. The van der Waals surface area contributed by atoms with Crippen LogP contribution in [0.15, 0.2) is 23.0 Å². The number of phenols is 1. The lowest BCUT2D eigenvalue weighted by molar-refractivity contribution is -0.143. The molecule has 4 aliphatic heterocycles. The Morgan fingerprint density at radius 1 is 1.21 bits per heavy atom. The minimum Gasteiger partial charge on any atom is -0.504 e. The first kappa shape index (κ1) is 20.1. The van der Waals surface area contributed by atoms with Crippen LogP contribution < -0.4 is 4.74 Å². The van der Waals surface area contributed by atoms with Crippen LogP contribution in [0.4, 0.5) is 0 Å². The molecule has 34 heavy (non-hydrogen) atoms. The molecule has 3 aliphatic carbocycles. The van der Waals surface area contributed by atoms with Crippen LogP contribution in [0.1, 0.15) is 55.3 Å². The number of carbonyl (C=O) groups excluding carboxylic acids is 1. The van der Waals surface area contributed by atoms with Gasteiger partial charge in [-0.3, -0.25) is 9.69 Å². The summed E-state index contributed by atoms with van der Waals surface area (Å²) in [4.78, 5) is 23.0. The average molecular weight is 478 g/mol. The first-order valence-electron chi connectivity index (χ1n) is 13.0. The van der Waals surface area contributed by atoms with E-state index in [-0.39, 0.29) is 34.6 Å². The summed E-state index contributed by atoms with van der Waals surface area (Å²) in [5.74, 6) is 2.05. The number of fused-ring (bicyclic) bond motifs is 3. The summed E-state index contributed by atoms with van der Waals surface area (Å²) in [7, 11) is 0. The van der Waals surface area contributed by atoms with Crippen molar-refractivity contribution in [3.8, 4) is 11.5 Å². The Hall–Kier alpha value is -2.12. The van der Waals surface area contributed by atoms with Gasteiger partial charge in [-0.15, -0.1) is 11.3 Å². The minimum absolute atomic E-state index is 0.0592. The van der Waals surface area contributed by atoms with Crippen LogP contribution in [0.3, 0.4) is 0 Å². The molecule has 2 saturated carbocycles. The van der Waals surface area contributed by atoms with Crippen LogP contribution in [-0.2, 0) is 23.1 Å². The van der Waals surface area contributed by atoms with E-state index in [0.29, 0.717) is 12.5 Å². The number of amides is 1. The van der Waals surface area contributed by atoms with Gasteiger partial charge in [0.2, 0.25) is 5.91 Å². The number of hydrogen-bond donors (Lipinski definition) is 1.